The molecule has 2 rings (SSSR count). The fourth-order valence-corrected chi connectivity index (χ4v) is 2.33. The summed E-state index contributed by atoms with van der Waals surface area (Å²) in [6, 6.07) is 18.5. The number of nitrogens with one attached hydrogen (secondary N) is 1. The molecule has 3 heteroatoms. The van der Waals surface area contributed by atoms with Gasteiger partial charge < -0.3 is 5.32 Å². The van der Waals surface area contributed by atoms with E-state index in [4.69, 9.17) is 5.26 Å². The molecule has 0 saturated carbocycles. The van der Waals surface area contributed by atoms with Crippen molar-refractivity contribution in [2.75, 3.05) is 5.32 Å². The van der Waals surface area contributed by atoms with Crippen LogP contribution in [0.25, 0.3) is 0 Å². The van der Waals surface area contributed by atoms with E-state index in [0.29, 0.717) is 0 Å². The van der Waals surface area contributed by atoms with Crippen LogP contribution in [0.5, 0.6) is 0 Å². The first kappa shape index (κ1) is 14.6. The van der Waals surface area contributed by atoms with E-state index >= 15 is 0 Å². The van der Waals surface area contributed by atoms with E-state index in [1.54, 1.807) is 0 Å². The number of anilines is 1. The van der Waals surface area contributed by atoms with Crippen LogP contribution >= 0.6 is 15.9 Å². The van der Waals surface area contributed by atoms with E-state index in [9.17, 15) is 0 Å². The zero-order valence-electron chi connectivity index (χ0n) is 11.7. The van der Waals surface area contributed by atoms with Crippen molar-refractivity contribution in [1.82, 2.24) is 0 Å². The molecule has 0 aromatic heterocycles. The summed E-state index contributed by atoms with van der Waals surface area (Å²) < 4.78 is 1.11. The lowest BCUT2D eigenvalue weighted by Gasteiger charge is -2.16. The van der Waals surface area contributed by atoms with Crippen LogP contribution in [-0.4, -0.2) is 0 Å². The van der Waals surface area contributed by atoms with Crippen molar-refractivity contribution in [3.63, 3.8) is 0 Å². The van der Waals surface area contributed by atoms with Gasteiger partial charge in [0.05, 0.1) is 11.5 Å². The van der Waals surface area contributed by atoms with Crippen molar-refractivity contribution in [3.8, 4) is 6.07 Å². The highest BCUT2D eigenvalue weighted by molar-refractivity contribution is 9.10. The van der Waals surface area contributed by atoms with Crippen LogP contribution in [-0.2, 0) is 12.0 Å². The van der Waals surface area contributed by atoms with E-state index < -0.39 is 5.41 Å². The van der Waals surface area contributed by atoms with Crippen molar-refractivity contribution >= 4 is 21.6 Å². The lowest BCUT2D eigenvalue weighted by molar-refractivity contribution is 0.687. The van der Waals surface area contributed by atoms with Gasteiger partial charge in [0, 0.05) is 16.7 Å². The number of benzene rings is 2. The maximum absolute atomic E-state index is 9.13. The van der Waals surface area contributed by atoms with E-state index in [-0.39, 0.29) is 0 Å². The highest BCUT2D eigenvalue weighted by Gasteiger charge is 2.18. The maximum Gasteiger partial charge on any atom is 0.0766 e. The van der Waals surface area contributed by atoms with Gasteiger partial charge in [-0.3, -0.25) is 0 Å². The Balaban J connectivity index is 2.06. The van der Waals surface area contributed by atoms with Crippen molar-refractivity contribution < 1.29 is 0 Å². The minimum absolute atomic E-state index is 0.443. The smallest absolute Gasteiger partial charge is 0.0766 e. The van der Waals surface area contributed by atoms with Crippen molar-refractivity contribution in [1.29, 1.82) is 5.26 Å². The van der Waals surface area contributed by atoms with Gasteiger partial charge in [0.25, 0.3) is 0 Å². The second kappa shape index (κ2) is 6.11. The molecule has 0 aliphatic heterocycles. The third-order valence-corrected chi connectivity index (χ3v) is 4.10. The second-order valence-electron chi connectivity index (χ2n) is 5.26. The molecule has 1 N–H and O–H groups in total. The molecule has 0 aliphatic rings. The number of nitrogens with zero attached hydrogens (tertiary/aromatic N) is 1. The van der Waals surface area contributed by atoms with Gasteiger partial charge in [0.2, 0.25) is 0 Å². The molecule has 0 atom stereocenters. The third-order valence-electron chi connectivity index (χ3n) is 3.33. The first-order valence-corrected chi connectivity index (χ1v) is 7.31. The predicted octanol–water partition coefficient (Wildman–Crippen LogP) is 4.86. The third kappa shape index (κ3) is 3.40. The number of hydrogen-bond acceptors (Lipinski definition) is 2. The molecule has 0 saturated heterocycles. The molecule has 102 valence electrons. The van der Waals surface area contributed by atoms with Crippen LogP contribution in [0, 0.1) is 11.3 Å². The zero-order chi connectivity index (χ0) is 14.6. The summed E-state index contributed by atoms with van der Waals surface area (Å²) in [5.41, 5.74) is 2.86. The summed E-state index contributed by atoms with van der Waals surface area (Å²) in [7, 11) is 0. The molecule has 0 radical (unpaired) electrons. The maximum atomic E-state index is 9.13. The van der Waals surface area contributed by atoms with Crippen LogP contribution in [0.4, 0.5) is 5.69 Å². The zero-order valence-corrected chi connectivity index (χ0v) is 13.2. The van der Waals surface area contributed by atoms with E-state index in [2.05, 4.69) is 33.4 Å². The van der Waals surface area contributed by atoms with Crippen LogP contribution < -0.4 is 5.32 Å². The Bertz CT molecular complexity index is 624. The van der Waals surface area contributed by atoms with Crippen LogP contribution in [0.2, 0.25) is 0 Å². The van der Waals surface area contributed by atoms with Crippen molar-refractivity contribution in [3.05, 3.63) is 64.1 Å². The molecule has 2 aromatic rings. The Morgan fingerprint density at radius 2 is 1.75 bits per heavy atom. The fourth-order valence-electron chi connectivity index (χ4n) is 1.91. The summed E-state index contributed by atoms with van der Waals surface area (Å²) in [5, 5.41) is 12.5. The van der Waals surface area contributed by atoms with Gasteiger partial charge in [-0.1, -0.05) is 46.3 Å². The van der Waals surface area contributed by atoms with Gasteiger partial charge in [-0.2, -0.15) is 5.26 Å². The minimum atomic E-state index is -0.443. The molecule has 0 amide bonds. The molecular weight excluding hydrogens is 312 g/mol. The molecular formula is C17H17BrN2. The molecule has 0 heterocycles. The van der Waals surface area contributed by atoms with Gasteiger partial charge in [-0.15, -0.1) is 0 Å². The summed E-state index contributed by atoms with van der Waals surface area (Å²) in [4.78, 5) is 0. The Morgan fingerprint density at radius 1 is 1.10 bits per heavy atom. The van der Waals surface area contributed by atoms with Crippen LogP contribution in [0.15, 0.2) is 53.0 Å². The highest BCUT2D eigenvalue weighted by atomic mass is 79.9. The summed E-state index contributed by atoms with van der Waals surface area (Å²) in [6.45, 7) is 4.62. The molecule has 0 bridgehead atoms. The lowest BCUT2D eigenvalue weighted by Crippen LogP contribution is -2.13. The normalized spacial score (nSPS) is 10.9. The first-order valence-electron chi connectivity index (χ1n) is 6.52. The largest absolute Gasteiger partial charge is 0.381 e. The van der Waals surface area contributed by atoms with Gasteiger partial charge >= 0.3 is 0 Å². The number of nitriles is 1. The van der Waals surface area contributed by atoms with E-state index in [0.717, 1.165) is 22.3 Å². The van der Waals surface area contributed by atoms with Gasteiger partial charge in [0.1, 0.15) is 0 Å². The van der Waals surface area contributed by atoms with Crippen LogP contribution in [0.3, 0.4) is 0 Å². The highest BCUT2D eigenvalue weighted by Crippen LogP contribution is 2.24. The number of halogens is 1. The fraction of sp³-hybridized carbons (Fsp3) is 0.235. The SMILES string of the molecule is CC(C)(C#N)c1ccc(NCc2ccccc2Br)cc1. The van der Waals surface area contributed by atoms with E-state index in [1.807, 2.05) is 56.3 Å². The predicted molar refractivity (Wildman–Crippen MR) is 86.5 cm³/mol. The van der Waals surface area contributed by atoms with E-state index in [1.165, 1.54) is 5.56 Å². The molecule has 20 heavy (non-hydrogen) atoms. The van der Waals surface area contributed by atoms with Gasteiger partial charge in [-0.25, -0.2) is 0 Å². The number of rotatable bonds is 4. The molecule has 0 aliphatic carbocycles. The minimum Gasteiger partial charge on any atom is -0.381 e. The molecule has 0 unspecified atom stereocenters. The first-order chi connectivity index (χ1) is 9.53. The Hall–Kier alpha value is -1.79. The van der Waals surface area contributed by atoms with Crippen molar-refractivity contribution in [2.45, 2.75) is 25.8 Å². The molecule has 2 nitrogen and oxygen atoms in total. The van der Waals surface area contributed by atoms with Crippen molar-refractivity contribution in [2.24, 2.45) is 0 Å². The summed E-state index contributed by atoms with van der Waals surface area (Å²) in [6.07, 6.45) is 0. The number of hydrogen-bond donors (Lipinski definition) is 1. The topological polar surface area (TPSA) is 35.8 Å². The quantitative estimate of drug-likeness (QED) is 0.869. The second-order valence-corrected chi connectivity index (χ2v) is 6.11. The average Bonchev–Trinajstić information content (AvgIpc) is 2.47. The summed E-state index contributed by atoms with van der Waals surface area (Å²) >= 11 is 3.54. The molecule has 0 spiro atoms. The Kier molecular flexibility index (Phi) is 4.46. The molecule has 2 aromatic carbocycles. The Labute approximate surface area is 128 Å². The van der Waals surface area contributed by atoms with Crippen LogP contribution in [0.1, 0.15) is 25.0 Å². The van der Waals surface area contributed by atoms with Gasteiger partial charge in [0.15, 0.2) is 0 Å². The lowest BCUT2D eigenvalue weighted by atomic mass is 9.86. The standard InChI is InChI=1S/C17H17BrN2/c1-17(2,12-19)14-7-9-15(10-8-14)20-11-13-5-3-4-6-16(13)18/h3-10,20H,11H2,1-2H3. The monoisotopic (exact) mass is 328 g/mol. The van der Waals surface area contributed by atoms with Gasteiger partial charge in [-0.05, 0) is 43.2 Å². The Morgan fingerprint density at radius 3 is 2.35 bits per heavy atom. The molecule has 0 fully saturated rings. The summed E-state index contributed by atoms with van der Waals surface area (Å²) in [5.74, 6) is 0. The average molecular weight is 329 g/mol.